The summed E-state index contributed by atoms with van der Waals surface area (Å²) >= 11 is 0. The Morgan fingerprint density at radius 3 is 2.36 bits per heavy atom. The van der Waals surface area contributed by atoms with Gasteiger partial charge in [0, 0.05) is 25.7 Å². The smallest absolute Gasteiger partial charge is 0.146 e. The van der Waals surface area contributed by atoms with Crippen LogP contribution in [-0.4, -0.2) is 13.1 Å². The van der Waals surface area contributed by atoms with E-state index in [1.54, 1.807) is 6.07 Å². The molecule has 0 saturated heterocycles. The van der Waals surface area contributed by atoms with Crippen LogP contribution in [0.5, 0.6) is 0 Å². The van der Waals surface area contributed by atoms with E-state index < -0.39 is 0 Å². The lowest BCUT2D eigenvalue weighted by molar-refractivity contribution is 0.572. The Balaban J connectivity index is 2.06. The van der Waals surface area contributed by atoms with Crippen LogP contribution in [0.25, 0.3) is 0 Å². The van der Waals surface area contributed by atoms with Crippen molar-refractivity contribution in [1.29, 1.82) is 0 Å². The lowest BCUT2D eigenvalue weighted by atomic mass is 10.1. The van der Waals surface area contributed by atoms with Crippen molar-refractivity contribution < 1.29 is 4.39 Å². The standard InChI is InChI=1S/C19H25FN2/c1-4-22(5-2)19-13-16(11-12-18(19)20)14-21-15(3)17-9-7-6-8-10-17/h6-13,15,21H,4-5,14H2,1-3H3. The first kappa shape index (κ1) is 16.5. The topological polar surface area (TPSA) is 15.3 Å². The number of hydrogen-bond acceptors (Lipinski definition) is 2. The monoisotopic (exact) mass is 300 g/mol. The van der Waals surface area contributed by atoms with Crippen molar-refractivity contribution in [3.8, 4) is 0 Å². The molecular formula is C19H25FN2. The largest absolute Gasteiger partial charge is 0.370 e. The van der Waals surface area contributed by atoms with E-state index in [-0.39, 0.29) is 11.9 Å². The fraction of sp³-hybridized carbons (Fsp3) is 0.368. The Morgan fingerprint density at radius 1 is 1.05 bits per heavy atom. The molecule has 0 aliphatic heterocycles. The molecule has 0 fully saturated rings. The lowest BCUT2D eigenvalue weighted by Gasteiger charge is -2.22. The third-order valence-electron chi connectivity index (χ3n) is 4.03. The van der Waals surface area contributed by atoms with Crippen molar-refractivity contribution in [3.05, 3.63) is 65.5 Å². The highest BCUT2D eigenvalue weighted by Crippen LogP contribution is 2.21. The van der Waals surface area contributed by atoms with Gasteiger partial charge in [-0.3, -0.25) is 0 Å². The second-order valence-electron chi connectivity index (χ2n) is 5.47. The molecular weight excluding hydrogens is 275 g/mol. The molecule has 3 heteroatoms. The zero-order chi connectivity index (χ0) is 15.9. The summed E-state index contributed by atoms with van der Waals surface area (Å²) in [5.74, 6) is -0.149. The van der Waals surface area contributed by atoms with Crippen molar-refractivity contribution in [2.75, 3.05) is 18.0 Å². The molecule has 0 aromatic heterocycles. The van der Waals surface area contributed by atoms with Gasteiger partial charge in [0.05, 0.1) is 5.69 Å². The Morgan fingerprint density at radius 2 is 1.73 bits per heavy atom. The van der Waals surface area contributed by atoms with Crippen molar-refractivity contribution in [2.45, 2.75) is 33.4 Å². The molecule has 0 amide bonds. The van der Waals surface area contributed by atoms with Crippen molar-refractivity contribution in [3.63, 3.8) is 0 Å². The zero-order valence-electron chi connectivity index (χ0n) is 13.6. The van der Waals surface area contributed by atoms with Gasteiger partial charge >= 0.3 is 0 Å². The second kappa shape index (κ2) is 7.95. The van der Waals surface area contributed by atoms with E-state index in [9.17, 15) is 4.39 Å². The average molecular weight is 300 g/mol. The summed E-state index contributed by atoms with van der Waals surface area (Å²) in [6, 6.07) is 16.0. The van der Waals surface area contributed by atoms with E-state index in [2.05, 4.69) is 24.4 Å². The summed E-state index contributed by atoms with van der Waals surface area (Å²) < 4.78 is 14.0. The van der Waals surface area contributed by atoms with E-state index in [0.29, 0.717) is 5.69 Å². The summed E-state index contributed by atoms with van der Waals surface area (Å²) in [5.41, 5.74) is 3.05. The Hall–Kier alpha value is -1.87. The van der Waals surface area contributed by atoms with Crippen LogP contribution in [0.2, 0.25) is 0 Å². The van der Waals surface area contributed by atoms with Crippen LogP contribution in [0.15, 0.2) is 48.5 Å². The number of hydrogen-bond donors (Lipinski definition) is 1. The molecule has 0 spiro atoms. The molecule has 2 aromatic rings. The molecule has 2 nitrogen and oxygen atoms in total. The zero-order valence-corrected chi connectivity index (χ0v) is 13.6. The predicted molar refractivity (Wildman–Crippen MR) is 91.7 cm³/mol. The van der Waals surface area contributed by atoms with Crippen LogP contribution >= 0.6 is 0 Å². The maximum Gasteiger partial charge on any atom is 0.146 e. The molecule has 118 valence electrons. The number of benzene rings is 2. The molecule has 1 atom stereocenters. The van der Waals surface area contributed by atoms with Gasteiger partial charge in [0.25, 0.3) is 0 Å². The van der Waals surface area contributed by atoms with E-state index in [0.717, 1.165) is 25.2 Å². The first-order valence-corrected chi connectivity index (χ1v) is 7.97. The van der Waals surface area contributed by atoms with Gasteiger partial charge in [-0.15, -0.1) is 0 Å². The molecule has 2 rings (SSSR count). The number of halogens is 1. The lowest BCUT2D eigenvalue weighted by Crippen LogP contribution is -2.23. The van der Waals surface area contributed by atoms with Gasteiger partial charge in [-0.2, -0.15) is 0 Å². The van der Waals surface area contributed by atoms with Crippen LogP contribution in [-0.2, 0) is 6.54 Å². The minimum absolute atomic E-state index is 0.149. The maximum absolute atomic E-state index is 14.0. The van der Waals surface area contributed by atoms with Gasteiger partial charge in [-0.1, -0.05) is 36.4 Å². The fourth-order valence-corrected chi connectivity index (χ4v) is 2.61. The molecule has 2 aromatic carbocycles. The SMILES string of the molecule is CCN(CC)c1cc(CNC(C)c2ccccc2)ccc1F. The van der Waals surface area contributed by atoms with E-state index >= 15 is 0 Å². The Labute approximate surface area is 133 Å². The van der Waals surface area contributed by atoms with Crippen LogP contribution in [0.4, 0.5) is 10.1 Å². The normalized spacial score (nSPS) is 12.2. The summed E-state index contributed by atoms with van der Waals surface area (Å²) in [5, 5.41) is 3.50. The maximum atomic E-state index is 14.0. The van der Waals surface area contributed by atoms with E-state index in [4.69, 9.17) is 0 Å². The second-order valence-corrected chi connectivity index (χ2v) is 5.47. The first-order valence-electron chi connectivity index (χ1n) is 7.97. The molecule has 0 radical (unpaired) electrons. The van der Waals surface area contributed by atoms with Gasteiger partial charge in [0.2, 0.25) is 0 Å². The number of anilines is 1. The quantitative estimate of drug-likeness (QED) is 0.808. The third kappa shape index (κ3) is 4.08. The Kier molecular flexibility index (Phi) is 5.96. The summed E-state index contributed by atoms with van der Waals surface area (Å²) in [7, 11) is 0. The van der Waals surface area contributed by atoms with Crippen molar-refractivity contribution in [1.82, 2.24) is 5.32 Å². The first-order chi connectivity index (χ1) is 10.7. The number of nitrogens with one attached hydrogen (secondary N) is 1. The van der Waals surface area contributed by atoms with Gasteiger partial charge < -0.3 is 10.2 Å². The molecule has 0 aliphatic carbocycles. The van der Waals surface area contributed by atoms with Crippen molar-refractivity contribution in [2.24, 2.45) is 0 Å². The van der Waals surface area contributed by atoms with Crippen LogP contribution in [0.3, 0.4) is 0 Å². The number of rotatable bonds is 7. The minimum atomic E-state index is -0.149. The predicted octanol–water partition coefficient (Wildman–Crippen LogP) is 4.52. The molecule has 0 bridgehead atoms. The summed E-state index contributed by atoms with van der Waals surface area (Å²) in [4.78, 5) is 2.04. The third-order valence-corrected chi connectivity index (χ3v) is 4.03. The molecule has 0 aliphatic rings. The highest BCUT2D eigenvalue weighted by atomic mass is 19.1. The van der Waals surface area contributed by atoms with Crippen LogP contribution in [0, 0.1) is 5.82 Å². The molecule has 22 heavy (non-hydrogen) atoms. The minimum Gasteiger partial charge on any atom is -0.370 e. The average Bonchev–Trinajstić information content (AvgIpc) is 2.56. The van der Waals surface area contributed by atoms with E-state index in [1.807, 2.05) is 49.1 Å². The van der Waals surface area contributed by atoms with Gasteiger partial charge in [0.15, 0.2) is 0 Å². The van der Waals surface area contributed by atoms with Crippen molar-refractivity contribution >= 4 is 5.69 Å². The van der Waals surface area contributed by atoms with Gasteiger partial charge in [-0.05, 0) is 44.0 Å². The summed E-state index contributed by atoms with van der Waals surface area (Å²) in [6.07, 6.45) is 0. The molecule has 0 saturated carbocycles. The highest BCUT2D eigenvalue weighted by Gasteiger charge is 2.10. The van der Waals surface area contributed by atoms with Gasteiger partial charge in [-0.25, -0.2) is 4.39 Å². The number of nitrogens with zero attached hydrogens (tertiary/aromatic N) is 1. The van der Waals surface area contributed by atoms with Crippen LogP contribution < -0.4 is 10.2 Å². The summed E-state index contributed by atoms with van der Waals surface area (Å²) in [6.45, 7) is 8.58. The van der Waals surface area contributed by atoms with E-state index in [1.165, 1.54) is 5.56 Å². The molecule has 1 unspecified atom stereocenters. The molecule has 1 N–H and O–H groups in total. The molecule has 0 heterocycles. The Bertz CT molecular complexity index is 579. The highest BCUT2D eigenvalue weighted by molar-refractivity contribution is 5.50. The fourth-order valence-electron chi connectivity index (χ4n) is 2.61. The van der Waals surface area contributed by atoms with Crippen LogP contribution in [0.1, 0.15) is 37.9 Å². The van der Waals surface area contributed by atoms with Gasteiger partial charge in [0.1, 0.15) is 5.82 Å².